The van der Waals surface area contributed by atoms with Gasteiger partial charge in [-0.1, -0.05) is 12.1 Å². The zero-order valence-corrected chi connectivity index (χ0v) is 16.9. The second-order valence-electron chi connectivity index (χ2n) is 8.24. The van der Waals surface area contributed by atoms with Crippen LogP contribution in [0, 0.1) is 11.8 Å². The minimum absolute atomic E-state index is 0.00316. The molecule has 1 amide bonds. The molecule has 6 heteroatoms. The Morgan fingerprint density at radius 2 is 1.96 bits per heavy atom. The van der Waals surface area contributed by atoms with Gasteiger partial charge in [0.25, 0.3) is 5.91 Å². The van der Waals surface area contributed by atoms with Crippen molar-refractivity contribution in [1.82, 2.24) is 20.0 Å². The van der Waals surface area contributed by atoms with Crippen molar-refractivity contribution in [3.05, 3.63) is 30.0 Å². The molecule has 0 atom stereocenters. The van der Waals surface area contributed by atoms with Gasteiger partial charge >= 0.3 is 0 Å². The molecule has 28 heavy (non-hydrogen) atoms. The lowest BCUT2D eigenvalue weighted by Crippen LogP contribution is -2.41. The van der Waals surface area contributed by atoms with Crippen molar-refractivity contribution < 1.29 is 9.53 Å². The Kier molecular flexibility index (Phi) is 6.27. The van der Waals surface area contributed by atoms with Crippen molar-refractivity contribution in [3.8, 4) is 0 Å². The van der Waals surface area contributed by atoms with Gasteiger partial charge in [-0.15, -0.1) is 0 Å². The van der Waals surface area contributed by atoms with Crippen LogP contribution in [-0.4, -0.2) is 60.0 Å². The van der Waals surface area contributed by atoms with Gasteiger partial charge in [0.2, 0.25) is 0 Å². The lowest BCUT2D eigenvalue weighted by atomic mass is 9.94. The van der Waals surface area contributed by atoms with Gasteiger partial charge in [0.1, 0.15) is 5.52 Å². The fourth-order valence-electron chi connectivity index (χ4n) is 4.44. The Bertz CT molecular complexity index is 789. The molecular weight excluding hydrogens is 352 g/mol. The number of likely N-dealkylation sites (tertiary alicyclic amines) is 1. The summed E-state index contributed by atoms with van der Waals surface area (Å²) in [5.41, 5.74) is 1.48. The highest BCUT2D eigenvalue weighted by Crippen LogP contribution is 2.22. The number of nitrogens with zero attached hydrogens (tertiary/aromatic N) is 3. The summed E-state index contributed by atoms with van der Waals surface area (Å²) in [6.07, 6.45) is 6.74. The van der Waals surface area contributed by atoms with E-state index in [1.807, 2.05) is 29.1 Å². The molecule has 0 bridgehead atoms. The van der Waals surface area contributed by atoms with Crippen molar-refractivity contribution in [3.63, 3.8) is 0 Å². The predicted molar refractivity (Wildman–Crippen MR) is 110 cm³/mol. The summed E-state index contributed by atoms with van der Waals surface area (Å²) in [4.78, 5) is 15.3. The zero-order valence-electron chi connectivity index (χ0n) is 16.9. The number of fused-ring (bicyclic) bond motifs is 1. The lowest BCUT2D eigenvalue weighted by molar-refractivity contribution is 0.0467. The minimum Gasteiger partial charge on any atom is -0.381 e. The molecular formula is C22H32N4O2. The van der Waals surface area contributed by atoms with E-state index in [2.05, 4.69) is 22.2 Å². The fourth-order valence-corrected chi connectivity index (χ4v) is 4.44. The third-order valence-corrected chi connectivity index (χ3v) is 6.27. The van der Waals surface area contributed by atoms with Crippen LogP contribution >= 0.6 is 0 Å². The van der Waals surface area contributed by atoms with Crippen LogP contribution in [0.3, 0.4) is 0 Å². The highest BCUT2D eigenvalue weighted by atomic mass is 16.5. The van der Waals surface area contributed by atoms with Gasteiger partial charge < -0.3 is 15.0 Å². The molecule has 1 N–H and O–H groups in total. The molecule has 0 spiro atoms. The first-order valence-corrected chi connectivity index (χ1v) is 10.8. The highest BCUT2D eigenvalue weighted by Gasteiger charge is 2.23. The molecule has 4 rings (SSSR count). The Labute approximate surface area is 167 Å². The Morgan fingerprint density at radius 1 is 1.18 bits per heavy atom. The minimum atomic E-state index is -0.00316. The van der Waals surface area contributed by atoms with E-state index in [0.29, 0.717) is 11.5 Å². The summed E-state index contributed by atoms with van der Waals surface area (Å²) in [5, 5.41) is 8.74. The number of hydrogen-bond acceptors (Lipinski definition) is 4. The number of aromatic nitrogens is 2. The van der Waals surface area contributed by atoms with E-state index in [4.69, 9.17) is 4.74 Å². The molecule has 2 fully saturated rings. The number of rotatable bonds is 6. The highest BCUT2D eigenvalue weighted by molar-refractivity contribution is 6.05. The monoisotopic (exact) mass is 384 g/mol. The first-order chi connectivity index (χ1) is 13.7. The molecule has 2 aliphatic rings. The van der Waals surface area contributed by atoms with Crippen LogP contribution in [-0.2, 0) is 11.3 Å². The third-order valence-electron chi connectivity index (χ3n) is 6.27. The van der Waals surface area contributed by atoms with Crippen molar-refractivity contribution in [1.29, 1.82) is 0 Å². The molecule has 0 aliphatic carbocycles. The van der Waals surface area contributed by atoms with Crippen LogP contribution in [0.25, 0.3) is 10.9 Å². The van der Waals surface area contributed by atoms with E-state index >= 15 is 0 Å². The Hall–Kier alpha value is -1.92. The average Bonchev–Trinajstić information content (AvgIpc) is 3.17. The number of amides is 1. The van der Waals surface area contributed by atoms with E-state index in [1.54, 1.807) is 0 Å². The molecule has 2 aliphatic heterocycles. The largest absolute Gasteiger partial charge is 0.381 e. The summed E-state index contributed by atoms with van der Waals surface area (Å²) >= 11 is 0. The van der Waals surface area contributed by atoms with E-state index in [9.17, 15) is 4.79 Å². The SMILES string of the molecule is CCn1cc2cccc(C(=O)NCC3CCN(CC4CCOCC4)CC3)c2n1. The van der Waals surface area contributed by atoms with E-state index in [1.165, 1.54) is 19.4 Å². The summed E-state index contributed by atoms with van der Waals surface area (Å²) in [5.74, 6) is 1.37. The molecule has 6 nitrogen and oxygen atoms in total. The van der Waals surface area contributed by atoms with Gasteiger partial charge in [-0.05, 0) is 63.6 Å². The number of nitrogens with one attached hydrogen (secondary N) is 1. The zero-order chi connectivity index (χ0) is 19.3. The molecule has 152 valence electrons. The maximum atomic E-state index is 12.7. The molecule has 2 aromatic rings. The van der Waals surface area contributed by atoms with Gasteiger partial charge in [-0.2, -0.15) is 5.10 Å². The van der Waals surface area contributed by atoms with Crippen LogP contribution in [0.1, 0.15) is 43.0 Å². The average molecular weight is 385 g/mol. The van der Waals surface area contributed by atoms with Crippen LogP contribution in [0.5, 0.6) is 0 Å². The van der Waals surface area contributed by atoms with E-state index < -0.39 is 0 Å². The number of aryl methyl sites for hydroxylation is 1. The van der Waals surface area contributed by atoms with Crippen LogP contribution in [0.4, 0.5) is 0 Å². The Balaban J connectivity index is 1.26. The number of carbonyl (C=O) groups excluding carboxylic acids is 1. The molecule has 3 heterocycles. The van der Waals surface area contributed by atoms with Crippen molar-refractivity contribution >= 4 is 16.8 Å². The van der Waals surface area contributed by atoms with Gasteiger partial charge in [0.05, 0.1) is 5.56 Å². The molecule has 1 aromatic carbocycles. The Morgan fingerprint density at radius 3 is 2.71 bits per heavy atom. The van der Waals surface area contributed by atoms with Crippen molar-refractivity contribution in [2.75, 3.05) is 39.4 Å². The summed E-state index contributed by atoms with van der Waals surface area (Å²) in [7, 11) is 0. The quantitative estimate of drug-likeness (QED) is 0.832. The first-order valence-electron chi connectivity index (χ1n) is 10.8. The standard InChI is InChI=1S/C22H32N4O2/c1-2-26-16-19-4-3-5-20(21(19)24-26)22(27)23-14-17-6-10-25(11-7-17)15-18-8-12-28-13-9-18/h3-5,16-18H,2,6-15H2,1H3,(H,23,27). The maximum Gasteiger partial charge on any atom is 0.253 e. The summed E-state index contributed by atoms with van der Waals surface area (Å²) in [6.45, 7) is 8.98. The smallest absolute Gasteiger partial charge is 0.253 e. The van der Waals surface area contributed by atoms with Crippen molar-refractivity contribution in [2.45, 2.75) is 39.2 Å². The third kappa shape index (κ3) is 4.55. The summed E-state index contributed by atoms with van der Waals surface area (Å²) < 4.78 is 7.35. The van der Waals surface area contributed by atoms with E-state index in [-0.39, 0.29) is 5.91 Å². The maximum absolute atomic E-state index is 12.7. The number of piperidine rings is 1. The molecule has 0 radical (unpaired) electrons. The second kappa shape index (κ2) is 9.05. The molecule has 2 saturated heterocycles. The lowest BCUT2D eigenvalue weighted by Gasteiger charge is -2.35. The van der Waals surface area contributed by atoms with Crippen LogP contribution < -0.4 is 5.32 Å². The van der Waals surface area contributed by atoms with E-state index in [0.717, 1.165) is 69.1 Å². The van der Waals surface area contributed by atoms with Crippen molar-refractivity contribution in [2.24, 2.45) is 11.8 Å². The first kappa shape index (κ1) is 19.4. The predicted octanol–water partition coefficient (Wildman–Crippen LogP) is 2.92. The van der Waals surface area contributed by atoms with Crippen LogP contribution in [0.15, 0.2) is 24.4 Å². The summed E-state index contributed by atoms with van der Waals surface area (Å²) in [6, 6.07) is 5.83. The van der Waals surface area contributed by atoms with Gasteiger partial charge in [0, 0.05) is 44.4 Å². The molecule has 0 saturated carbocycles. The fraction of sp³-hybridized carbons (Fsp3) is 0.636. The number of benzene rings is 1. The van der Waals surface area contributed by atoms with Crippen LogP contribution in [0.2, 0.25) is 0 Å². The number of ether oxygens (including phenoxy) is 1. The second-order valence-corrected chi connectivity index (χ2v) is 8.24. The van der Waals surface area contributed by atoms with Gasteiger partial charge in [0.15, 0.2) is 0 Å². The normalized spacial score (nSPS) is 19.9. The van der Waals surface area contributed by atoms with Gasteiger partial charge in [-0.3, -0.25) is 9.48 Å². The number of hydrogen-bond donors (Lipinski definition) is 1. The topological polar surface area (TPSA) is 59.4 Å². The van der Waals surface area contributed by atoms with Gasteiger partial charge in [-0.25, -0.2) is 0 Å². The number of carbonyl (C=O) groups is 1. The molecule has 0 unspecified atom stereocenters. The molecule has 1 aromatic heterocycles.